The third-order valence-electron chi connectivity index (χ3n) is 7.21. The molecule has 5 aromatic rings. The van der Waals surface area contributed by atoms with Crippen molar-refractivity contribution >= 4 is 39.9 Å². The molecule has 8 nitrogen and oxygen atoms in total. The van der Waals surface area contributed by atoms with E-state index in [0.717, 1.165) is 53.7 Å². The Morgan fingerprint density at radius 3 is 2.00 bits per heavy atom. The molecule has 0 fully saturated rings. The number of benzene rings is 3. The molecule has 1 aliphatic heterocycles. The monoisotopic (exact) mass is 522 g/mol. The molecule has 3 heterocycles. The number of hydrogen-bond acceptors (Lipinski definition) is 8. The zero-order valence-electron chi connectivity index (χ0n) is 22.5. The van der Waals surface area contributed by atoms with Crippen molar-refractivity contribution in [1.29, 1.82) is 0 Å². The van der Waals surface area contributed by atoms with E-state index >= 15 is 0 Å². The Morgan fingerprint density at radius 2 is 1.36 bits per heavy atom. The summed E-state index contributed by atoms with van der Waals surface area (Å²) < 4.78 is 12.7. The fourth-order valence-electron chi connectivity index (χ4n) is 5.31. The summed E-state index contributed by atoms with van der Waals surface area (Å²) in [6, 6.07) is 26.5. The van der Waals surface area contributed by atoms with E-state index in [1.165, 1.54) is 12.8 Å². The Kier molecular flexibility index (Phi) is 6.94. The van der Waals surface area contributed by atoms with Crippen LogP contribution in [-0.4, -0.2) is 16.1 Å². The highest BCUT2D eigenvalue weighted by Gasteiger charge is 2.43. The maximum atomic E-state index is 7.15. The molecule has 0 amide bonds. The number of hydrogen-bond donors (Lipinski definition) is 1. The number of aromatic nitrogens is 2. The molecule has 2 N–H and O–H groups in total. The minimum Gasteiger partial charge on any atom is -0.422 e. The number of anilines is 3. The van der Waals surface area contributed by atoms with Crippen LogP contribution in [-0.2, 0) is 0 Å². The summed E-state index contributed by atoms with van der Waals surface area (Å²) >= 11 is 0. The van der Waals surface area contributed by atoms with Crippen molar-refractivity contribution in [2.45, 2.75) is 58.5 Å². The van der Waals surface area contributed by atoms with Gasteiger partial charge in [-0.25, -0.2) is 5.01 Å². The summed E-state index contributed by atoms with van der Waals surface area (Å²) in [6.45, 7) is 4.40. The second-order valence-electron chi connectivity index (χ2n) is 9.79. The molecule has 0 spiro atoms. The molecule has 39 heavy (non-hydrogen) atoms. The van der Waals surface area contributed by atoms with E-state index in [-0.39, 0.29) is 0 Å². The third kappa shape index (κ3) is 4.61. The quantitative estimate of drug-likeness (QED) is 0.199. The van der Waals surface area contributed by atoms with Crippen LogP contribution in [0.3, 0.4) is 0 Å². The summed E-state index contributed by atoms with van der Waals surface area (Å²) in [5.74, 6) is 0. The molecule has 0 bridgehead atoms. The van der Waals surface area contributed by atoms with Gasteiger partial charge in [0.15, 0.2) is 11.2 Å². The van der Waals surface area contributed by atoms with Gasteiger partial charge in [-0.05, 0) is 61.2 Å². The summed E-state index contributed by atoms with van der Waals surface area (Å²) in [7, 11) is 0. The van der Waals surface area contributed by atoms with Crippen LogP contribution in [0.4, 0.5) is 17.7 Å². The van der Waals surface area contributed by atoms with E-state index in [0.29, 0.717) is 23.2 Å². The summed E-state index contributed by atoms with van der Waals surface area (Å²) in [6.07, 6.45) is 5.75. The first-order valence-electron chi connectivity index (χ1n) is 13.8. The lowest BCUT2D eigenvalue weighted by Gasteiger charge is -2.49. The minimum atomic E-state index is -0.524. The molecule has 0 radical (unpaired) electrons. The third-order valence-corrected chi connectivity index (χ3v) is 7.21. The number of oxazole rings is 2. The molecule has 1 aliphatic rings. The van der Waals surface area contributed by atoms with Gasteiger partial charge in [0.2, 0.25) is 0 Å². The van der Waals surface area contributed by atoms with Crippen molar-refractivity contribution in [2.75, 3.05) is 15.1 Å². The van der Waals surface area contributed by atoms with Crippen LogP contribution in [0.2, 0.25) is 0 Å². The van der Waals surface area contributed by atoms with Crippen LogP contribution in [0, 0.1) is 0 Å². The first-order chi connectivity index (χ1) is 19.2. The Morgan fingerprint density at radius 1 is 0.744 bits per heavy atom. The van der Waals surface area contributed by atoms with Crippen LogP contribution in [0.5, 0.6) is 0 Å². The largest absolute Gasteiger partial charge is 0.422 e. The van der Waals surface area contributed by atoms with Crippen molar-refractivity contribution in [1.82, 2.24) is 9.97 Å². The van der Waals surface area contributed by atoms with Gasteiger partial charge in [0, 0.05) is 5.70 Å². The van der Waals surface area contributed by atoms with E-state index in [4.69, 9.17) is 24.5 Å². The standard InChI is InChI=1S/C31H34N6O2/c1-3-5-6-10-17-23-26(4-2)35(22-15-8-7-9-16-22)37(31-34-25-19-12-14-21-28(25)39-31)36(29(23)32)30-33-24-18-11-13-20-27(24)38-30/h7-9,11-16,18-21,29H,3-6,10,17,32H2,1-2H3. The van der Waals surface area contributed by atoms with Gasteiger partial charge in [-0.15, -0.1) is 5.12 Å². The van der Waals surface area contributed by atoms with Crippen LogP contribution in [0.15, 0.2) is 99.0 Å². The molecule has 6 rings (SSSR count). The number of fused-ring (bicyclic) bond motifs is 2. The predicted octanol–water partition coefficient (Wildman–Crippen LogP) is 7.55. The molecule has 2 aromatic heterocycles. The number of nitrogens with zero attached hydrogens (tertiary/aromatic N) is 5. The average molecular weight is 523 g/mol. The molecule has 0 saturated carbocycles. The number of nitrogens with two attached hydrogens (primary N) is 1. The highest BCUT2D eigenvalue weighted by atomic mass is 16.4. The normalized spacial score (nSPS) is 16.2. The number of allylic oxidation sites excluding steroid dienone is 1. The second-order valence-corrected chi connectivity index (χ2v) is 9.79. The van der Waals surface area contributed by atoms with Crippen molar-refractivity contribution in [3.63, 3.8) is 0 Å². The lowest BCUT2D eigenvalue weighted by atomic mass is 9.99. The van der Waals surface area contributed by atoms with E-state index in [1.54, 1.807) is 0 Å². The Hall–Kier alpha value is -4.30. The second kappa shape index (κ2) is 10.8. The van der Waals surface area contributed by atoms with E-state index in [2.05, 4.69) is 31.0 Å². The first kappa shape index (κ1) is 25.0. The number of hydrazine groups is 2. The summed E-state index contributed by atoms with van der Waals surface area (Å²) in [4.78, 5) is 9.74. The molecular weight excluding hydrogens is 488 g/mol. The van der Waals surface area contributed by atoms with Gasteiger partial charge in [0.25, 0.3) is 0 Å². The van der Waals surface area contributed by atoms with Gasteiger partial charge in [-0.1, -0.05) is 75.6 Å². The summed E-state index contributed by atoms with van der Waals surface area (Å²) in [5.41, 5.74) is 13.3. The maximum absolute atomic E-state index is 7.15. The van der Waals surface area contributed by atoms with E-state index in [9.17, 15) is 0 Å². The molecular formula is C31H34N6O2. The zero-order valence-corrected chi connectivity index (χ0v) is 22.5. The molecule has 1 unspecified atom stereocenters. The lowest BCUT2D eigenvalue weighted by molar-refractivity contribution is 0.451. The topological polar surface area (TPSA) is 87.8 Å². The molecule has 3 aromatic carbocycles. The van der Waals surface area contributed by atoms with Gasteiger partial charge in [-0.2, -0.15) is 15.0 Å². The average Bonchev–Trinajstić information content (AvgIpc) is 3.60. The molecule has 0 saturated heterocycles. The van der Waals surface area contributed by atoms with Crippen molar-refractivity contribution in [2.24, 2.45) is 5.73 Å². The van der Waals surface area contributed by atoms with E-state index < -0.39 is 6.17 Å². The highest BCUT2D eigenvalue weighted by Crippen LogP contribution is 2.41. The maximum Gasteiger partial charge on any atom is 0.339 e. The number of rotatable bonds is 9. The Bertz CT molecular complexity index is 1520. The van der Waals surface area contributed by atoms with Gasteiger partial charge in [0.1, 0.15) is 17.2 Å². The van der Waals surface area contributed by atoms with Gasteiger partial charge < -0.3 is 14.6 Å². The SMILES string of the molecule is CCCCCCC1=C(CC)N(c2ccccc2)N(c2nc3ccccc3o2)N(c2nc3ccccc3o2)C1N. The van der Waals surface area contributed by atoms with Gasteiger partial charge in [0.05, 0.1) is 5.69 Å². The van der Waals surface area contributed by atoms with Crippen LogP contribution in [0.25, 0.3) is 22.2 Å². The fraction of sp³-hybridized carbons (Fsp3) is 0.290. The number of para-hydroxylation sites is 5. The lowest BCUT2D eigenvalue weighted by Crippen LogP contribution is -2.65. The van der Waals surface area contributed by atoms with Crippen molar-refractivity contribution in [3.05, 3.63) is 90.1 Å². The van der Waals surface area contributed by atoms with Gasteiger partial charge in [-0.3, -0.25) is 0 Å². The molecule has 1 atom stereocenters. The van der Waals surface area contributed by atoms with Crippen molar-refractivity contribution in [3.8, 4) is 0 Å². The van der Waals surface area contributed by atoms with Crippen LogP contribution < -0.4 is 20.9 Å². The Labute approximate surface area is 228 Å². The zero-order chi connectivity index (χ0) is 26.8. The summed E-state index contributed by atoms with van der Waals surface area (Å²) in [5, 5.41) is 5.92. The predicted molar refractivity (Wildman–Crippen MR) is 156 cm³/mol. The smallest absolute Gasteiger partial charge is 0.339 e. The van der Waals surface area contributed by atoms with Crippen LogP contribution >= 0.6 is 0 Å². The Balaban J connectivity index is 1.57. The van der Waals surface area contributed by atoms with E-state index in [1.807, 2.05) is 76.9 Å². The minimum absolute atomic E-state index is 0.382. The van der Waals surface area contributed by atoms with Crippen LogP contribution in [0.1, 0.15) is 52.4 Å². The van der Waals surface area contributed by atoms with Crippen molar-refractivity contribution < 1.29 is 8.83 Å². The highest BCUT2D eigenvalue weighted by molar-refractivity contribution is 5.78. The molecule has 8 heteroatoms. The molecule has 200 valence electrons. The van der Waals surface area contributed by atoms with Gasteiger partial charge >= 0.3 is 12.0 Å². The number of unbranched alkanes of at least 4 members (excludes halogenated alkanes) is 3. The first-order valence-corrected chi connectivity index (χ1v) is 13.8. The fourth-order valence-corrected chi connectivity index (χ4v) is 5.31. The molecule has 0 aliphatic carbocycles.